The van der Waals surface area contributed by atoms with Gasteiger partial charge in [0.15, 0.2) is 0 Å². The highest BCUT2D eigenvalue weighted by Crippen LogP contribution is 2.31. The summed E-state index contributed by atoms with van der Waals surface area (Å²) in [5, 5.41) is 49.0. The second-order valence-electron chi connectivity index (χ2n) is 8.16. The molecule has 0 bridgehead atoms. The number of phenols is 1. The van der Waals surface area contributed by atoms with Crippen molar-refractivity contribution in [2.45, 2.75) is 70.9 Å². The normalized spacial score (nSPS) is 28.6. The number of carbonyl (C=O) groups excluding carboxylic acids is 1. The third-order valence-corrected chi connectivity index (χ3v) is 4.86. The zero-order valence-corrected chi connectivity index (χ0v) is 17.0. The maximum absolute atomic E-state index is 12.7. The molecule has 1 aromatic carbocycles. The van der Waals surface area contributed by atoms with E-state index in [4.69, 9.17) is 14.2 Å². The van der Waals surface area contributed by atoms with Crippen molar-refractivity contribution in [2.24, 2.45) is 5.41 Å². The molecule has 1 heterocycles. The van der Waals surface area contributed by atoms with E-state index in [-0.39, 0.29) is 22.5 Å². The standard InChI is InChI=1S/C20H30O9/c1-5-14(20(2,3)4)29-18(26)11-8-10(22)6-7-12(11)27-19-17(25)16(24)15(23)13(9-21)28-19/h6-8,13-17,19,21-25H,5,9H2,1-4H3/t13-,14?,15-,16+,17-,19-/m1/s1. The first-order chi connectivity index (χ1) is 13.5. The molecule has 1 saturated heterocycles. The van der Waals surface area contributed by atoms with Gasteiger partial charge in [-0.3, -0.25) is 0 Å². The van der Waals surface area contributed by atoms with Crippen LogP contribution in [0.1, 0.15) is 44.5 Å². The van der Waals surface area contributed by atoms with Crippen molar-refractivity contribution in [3.05, 3.63) is 23.8 Å². The fraction of sp³-hybridized carbons (Fsp3) is 0.650. The van der Waals surface area contributed by atoms with Crippen molar-refractivity contribution in [2.75, 3.05) is 6.61 Å². The molecule has 29 heavy (non-hydrogen) atoms. The number of benzene rings is 1. The molecule has 6 atom stereocenters. The Kier molecular flexibility index (Phi) is 7.47. The van der Waals surface area contributed by atoms with Crippen molar-refractivity contribution in [1.29, 1.82) is 0 Å². The second kappa shape index (κ2) is 9.27. The first-order valence-corrected chi connectivity index (χ1v) is 9.50. The zero-order chi connectivity index (χ0) is 21.9. The van der Waals surface area contributed by atoms with E-state index >= 15 is 0 Å². The third kappa shape index (κ3) is 5.37. The number of rotatable bonds is 6. The van der Waals surface area contributed by atoms with Gasteiger partial charge in [-0.1, -0.05) is 27.7 Å². The van der Waals surface area contributed by atoms with Crippen LogP contribution in [0.15, 0.2) is 18.2 Å². The van der Waals surface area contributed by atoms with Crippen molar-refractivity contribution in [3.63, 3.8) is 0 Å². The minimum absolute atomic E-state index is 0.0547. The Labute approximate surface area is 169 Å². The lowest BCUT2D eigenvalue weighted by molar-refractivity contribution is -0.277. The Morgan fingerprint density at radius 1 is 1.17 bits per heavy atom. The highest BCUT2D eigenvalue weighted by atomic mass is 16.7. The third-order valence-electron chi connectivity index (χ3n) is 4.86. The Bertz CT molecular complexity index is 698. The van der Waals surface area contributed by atoms with Gasteiger partial charge in [0.2, 0.25) is 6.29 Å². The summed E-state index contributed by atoms with van der Waals surface area (Å²) in [7, 11) is 0. The fourth-order valence-corrected chi connectivity index (χ4v) is 3.14. The predicted octanol–water partition coefficient (Wildman–Crippen LogP) is 0.552. The smallest absolute Gasteiger partial charge is 0.342 e. The van der Waals surface area contributed by atoms with Gasteiger partial charge in [-0.15, -0.1) is 0 Å². The highest BCUT2D eigenvalue weighted by molar-refractivity contribution is 5.93. The molecule has 9 heteroatoms. The van der Waals surface area contributed by atoms with Gasteiger partial charge in [-0.25, -0.2) is 4.79 Å². The van der Waals surface area contributed by atoms with Gasteiger partial charge in [0.1, 0.15) is 47.6 Å². The van der Waals surface area contributed by atoms with Gasteiger partial charge in [-0.05, 0) is 30.0 Å². The van der Waals surface area contributed by atoms with Gasteiger partial charge in [-0.2, -0.15) is 0 Å². The van der Waals surface area contributed by atoms with E-state index in [1.807, 2.05) is 27.7 Å². The van der Waals surface area contributed by atoms with Crippen LogP contribution >= 0.6 is 0 Å². The average molecular weight is 414 g/mol. The van der Waals surface area contributed by atoms with E-state index in [2.05, 4.69) is 0 Å². The largest absolute Gasteiger partial charge is 0.508 e. The highest BCUT2D eigenvalue weighted by Gasteiger charge is 2.45. The van der Waals surface area contributed by atoms with Crippen LogP contribution in [0, 0.1) is 5.41 Å². The van der Waals surface area contributed by atoms with Crippen LogP contribution in [0.2, 0.25) is 0 Å². The molecule has 9 nitrogen and oxygen atoms in total. The molecule has 1 fully saturated rings. The van der Waals surface area contributed by atoms with Crippen molar-refractivity contribution >= 4 is 5.97 Å². The molecule has 1 unspecified atom stereocenters. The zero-order valence-electron chi connectivity index (χ0n) is 17.0. The molecule has 1 aromatic rings. The van der Waals surface area contributed by atoms with Crippen LogP contribution in [-0.4, -0.2) is 74.9 Å². The monoisotopic (exact) mass is 414 g/mol. The lowest BCUT2D eigenvalue weighted by atomic mass is 9.87. The predicted molar refractivity (Wildman–Crippen MR) is 101 cm³/mol. The minimum atomic E-state index is -1.64. The number of aliphatic hydroxyl groups excluding tert-OH is 4. The van der Waals surface area contributed by atoms with Crippen molar-refractivity contribution in [1.82, 2.24) is 0 Å². The van der Waals surface area contributed by atoms with Gasteiger partial charge >= 0.3 is 5.97 Å². The average Bonchev–Trinajstić information content (AvgIpc) is 2.66. The van der Waals surface area contributed by atoms with Crippen LogP contribution in [-0.2, 0) is 9.47 Å². The molecular formula is C20H30O9. The molecule has 1 aliphatic rings. The Morgan fingerprint density at radius 2 is 1.83 bits per heavy atom. The Hall–Kier alpha value is -1.91. The minimum Gasteiger partial charge on any atom is -0.508 e. The molecule has 0 spiro atoms. The molecule has 0 amide bonds. The van der Waals surface area contributed by atoms with Crippen LogP contribution < -0.4 is 4.74 Å². The Morgan fingerprint density at radius 3 is 2.38 bits per heavy atom. The topological polar surface area (TPSA) is 146 Å². The van der Waals surface area contributed by atoms with E-state index in [0.717, 1.165) is 6.07 Å². The van der Waals surface area contributed by atoms with Crippen LogP contribution in [0.3, 0.4) is 0 Å². The summed E-state index contributed by atoms with van der Waals surface area (Å²) < 4.78 is 16.4. The fourth-order valence-electron chi connectivity index (χ4n) is 3.14. The number of aromatic hydroxyl groups is 1. The van der Waals surface area contributed by atoms with E-state index in [1.54, 1.807) is 0 Å². The number of aliphatic hydroxyl groups is 4. The van der Waals surface area contributed by atoms with E-state index in [1.165, 1.54) is 12.1 Å². The molecule has 0 aromatic heterocycles. The van der Waals surface area contributed by atoms with E-state index < -0.39 is 49.4 Å². The summed E-state index contributed by atoms with van der Waals surface area (Å²) in [6.07, 6.45) is -7.22. The molecule has 0 radical (unpaired) electrons. The summed E-state index contributed by atoms with van der Waals surface area (Å²) in [6.45, 7) is 7.07. The van der Waals surface area contributed by atoms with Crippen LogP contribution in [0.25, 0.3) is 0 Å². The van der Waals surface area contributed by atoms with Crippen LogP contribution in [0.4, 0.5) is 0 Å². The summed E-state index contributed by atoms with van der Waals surface area (Å²) >= 11 is 0. The lowest BCUT2D eigenvalue weighted by Crippen LogP contribution is -2.60. The maximum Gasteiger partial charge on any atom is 0.342 e. The quantitative estimate of drug-likeness (QED) is 0.421. The van der Waals surface area contributed by atoms with Gasteiger partial charge in [0.05, 0.1) is 6.61 Å². The first kappa shape index (κ1) is 23.4. The number of phenolic OH excluding ortho intramolecular Hbond substituents is 1. The molecule has 0 aliphatic carbocycles. The number of carbonyl (C=O) groups is 1. The molecule has 2 rings (SSSR count). The van der Waals surface area contributed by atoms with Gasteiger partial charge in [0.25, 0.3) is 0 Å². The first-order valence-electron chi connectivity index (χ1n) is 9.50. The summed E-state index contributed by atoms with van der Waals surface area (Å²) in [6, 6.07) is 3.74. The number of hydrogen-bond donors (Lipinski definition) is 5. The maximum atomic E-state index is 12.7. The second-order valence-corrected chi connectivity index (χ2v) is 8.16. The van der Waals surface area contributed by atoms with Gasteiger partial charge in [0, 0.05) is 0 Å². The summed E-state index contributed by atoms with van der Waals surface area (Å²) in [5.74, 6) is -0.981. The molecule has 0 saturated carbocycles. The lowest BCUT2D eigenvalue weighted by Gasteiger charge is -2.39. The SMILES string of the molecule is CCC(OC(=O)c1cc(O)ccc1O[C@@H]1O[C@H](CO)[C@@H](O)[C@H](O)[C@H]1O)C(C)(C)C. The summed E-state index contributed by atoms with van der Waals surface area (Å²) in [5.41, 5.74) is -0.399. The number of ether oxygens (including phenoxy) is 3. The van der Waals surface area contributed by atoms with E-state index in [0.29, 0.717) is 6.42 Å². The Balaban J connectivity index is 2.27. The molecule has 1 aliphatic heterocycles. The number of esters is 1. The molecule has 5 N–H and O–H groups in total. The molecule has 164 valence electrons. The molecular weight excluding hydrogens is 384 g/mol. The van der Waals surface area contributed by atoms with Crippen molar-refractivity contribution < 1.29 is 44.5 Å². The van der Waals surface area contributed by atoms with E-state index in [9.17, 15) is 30.3 Å². The number of hydrogen-bond acceptors (Lipinski definition) is 9. The van der Waals surface area contributed by atoms with Crippen LogP contribution in [0.5, 0.6) is 11.5 Å². The summed E-state index contributed by atoms with van der Waals surface area (Å²) in [4.78, 5) is 12.7. The van der Waals surface area contributed by atoms with Gasteiger partial charge < -0.3 is 39.7 Å². The van der Waals surface area contributed by atoms with Crippen molar-refractivity contribution in [3.8, 4) is 11.5 Å².